The van der Waals surface area contributed by atoms with Gasteiger partial charge in [-0.25, -0.2) is 0 Å². The van der Waals surface area contributed by atoms with E-state index >= 15 is 0 Å². The summed E-state index contributed by atoms with van der Waals surface area (Å²) < 4.78 is 0. The van der Waals surface area contributed by atoms with Crippen LogP contribution in [-0.4, -0.2) is 45.1 Å². The molecule has 0 atom stereocenters. The third kappa shape index (κ3) is 2.84. The largest absolute Gasteiger partial charge is 0.347 e. The van der Waals surface area contributed by atoms with Crippen LogP contribution < -0.4 is 0 Å². The first-order valence-corrected chi connectivity index (χ1v) is 5.68. The number of amides is 1. The lowest BCUT2D eigenvalue weighted by molar-refractivity contribution is -0.129. The molecule has 0 aliphatic heterocycles. The molecule has 0 saturated carbocycles. The van der Waals surface area contributed by atoms with Gasteiger partial charge in [-0.3, -0.25) is 4.79 Å². The number of nitrogens with zero attached hydrogens (tertiary/aromatic N) is 5. The van der Waals surface area contributed by atoms with Crippen molar-refractivity contribution >= 4 is 17.5 Å². The van der Waals surface area contributed by atoms with Crippen LogP contribution in [0.15, 0.2) is 24.3 Å². The molecule has 0 unspecified atom stereocenters. The molecule has 1 aromatic heterocycles. The van der Waals surface area contributed by atoms with Gasteiger partial charge in [0.15, 0.2) is 0 Å². The number of rotatable bonds is 3. The first-order chi connectivity index (χ1) is 8.56. The number of carbonyl (C=O) groups is 1. The second kappa shape index (κ2) is 5.14. The maximum atomic E-state index is 11.5. The van der Waals surface area contributed by atoms with Gasteiger partial charge in [0, 0.05) is 24.7 Å². The highest BCUT2D eigenvalue weighted by Crippen LogP contribution is 2.18. The molecule has 2 rings (SSSR count). The number of carbonyl (C=O) groups excluding carboxylic acids is 1. The average Bonchev–Trinajstić information content (AvgIpc) is 2.77. The molecular formula is C11H12ClN5O. The predicted octanol–water partition coefficient (Wildman–Crippen LogP) is 1.08. The number of hydrogen-bond acceptors (Lipinski definition) is 4. The molecule has 1 aromatic carbocycles. The molecule has 0 spiro atoms. The molecule has 0 radical (unpaired) electrons. The first kappa shape index (κ1) is 12.5. The Morgan fingerprint density at radius 1 is 1.44 bits per heavy atom. The van der Waals surface area contributed by atoms with Crippen molar-refractivity contribution < 1.29 is 4.79 Å². The maximum Gasteiger partial charge on any atom is 0.245 e. The second-order valence-electron chi connectivity index (χ2n) is 3.94. The maximum absolute atomic E-state index is 11.5. The van der Waals surface area contributed by atoms with E-state index in [0.717, 1.165) is 5.56 Å². The molecule has 2 aromatic rings. The summed E-state index contributed by atoms with van der Waals surface area (Å²) >= 11 is 5.88. The smallest absolute Gasteiger partial charge is 0.245 e. The Balaban J connectivity index is 2.18. The second-order valence-corrected chi connectivity index (χ2v) is 4.38. The number of halogens is 1. The fourth-order valence-electron chi connectivity index (χ4n) is 1.32. The molecule has 1 amide bonds. The van der Waals surface area contributed by atoms with Gasteiger partial charge in [0.05, 0.1) is 0 Å². The lowest BCUT2D eigenvalue weighted by Gasteiger charge is -2.08. The van der Waals surface area contributed by atoms with E-state index in [0.29, 0.717) is 10.8 Å². The van der Waals surface area contributed by atoms with Crippen molar-refractivity contribution in [2.24, 2.45) is 0 Å². The molecule has 0 N–H and O–H groups in total. The highest BCUT2D eigenvalue weighted by Gasteiger charge is 2.10. The average molecular weight is 266 g/mol. The van der Waals surface area contributed by atoms with Gasteiger partial charge in [-0.15, -0.1) is 10.2 Å². The normalized spacial score (nSPS) is 10.4. The lowest BCUT2D eigenvalue weighted by Crippen LogP contribution is -2.27. The molecule has 1 heterocycles. The summed E-state index contributed by atoms with van der Waals surface area (Å²) in [6, 6.07) is 7.16. The Kier molecular flexibility index (Phi) is 3.57. The van der Waals surface area contributed by atoms with Crippen LogP contribution in [0.25, 0.3) is 11.4 Å². The van der Waals surface area contributed by atoms with E-state index in [2.05, 4.69) is 15.4 Å². The van der Waals surface area contributed by atoms with E-state index in [1.807, 2.05) is 12.1 Å². The molecule has 94 valence electrons. The SMILES string of the molecule is CN(C)C(=O)Cn1nnc(-c2cccc(Cl)c2)n1. The molecule has 0 aliphatic rings. The van der Waals surface area contributed by atoms with Gasteiger partial charge in [-0.05, 0) is 17.3 Å². The molecule has 0 saturated heterocycles. The molecular weight excluding hydrogens is 254 g/mol. The van der Waals surface area contributed by atoms with E-state index < -0.39 is 0 Å². The Hall–Kier alpha value is -1.95. The summed E-state index contributed by atoms with van der Waals surface area (Å²) in [6.45, 7) is 0.0700. The Labute approximate surface area is 109 Å². The zero-order valence-corrected chi connectivity index (χ0v) is 10.8. The van der Waals surface area contributed by atoms with Crippen molar-refractivity contribution in [3.63, 3.8) is 0 Å². The summed E-state index contributed by atoms with van der Waals surface area (Å²) in [5.74, 6) is 0.356. The lowest BCUT2D eigenvalue weighted by atomic mass is 10.2. The van der Waals surface area contributed by atoms with Gasteiger partial charge in [0.1, 0.15) is 6.54 Å². The summed E-state index contributed by atoms with van der Waals surface area (Å²) in [5, 5.41) is 12.5. The minimum absolute atomic E-state index is 0.0700. The van der Waals surface area contributed by atoms with Crippen LogP contribution in [0.3, 0.4) is 0 Å². The number of benzene rings is 1. The minimum Gasteiger partial charge on any atom is -0.347 e. The molecule has 0 fully saturated rings. The van der Waals surface area contributed by atoms with Gasteiger partial charge in [0.25, 0.3) is 0 Å². The Morgan fingerprint density at radius 2 is 2.22 bits per heavy atom. The van der Waals surface area contributed by atoms with E-state index in [1.54, 1.807) is 26.2 Å². The summed E-state index contributed by atoms with van der Waals surface area (Å²) in [5.41, 5.74) is 0.769. The van der Waals surface area contributed by atoms with Gasteiger partial charge >= 0.3 is 0 Å². The van der Waals surface area contributed by atoms with Crippen LogP contribution in [0.2, 0.25) is 5.02 Å². The van der Waals surface area contributed by atoms with Crippen molar-refractivity contribution in [2.45, 2.75) is 6.54 Å². The zero-order chi connectivity index (χ0) is 13.1. The summed E-state index contributed by atoms with van der Waals surface area (Å²) in [6.07, 6.45) is 0. The van der Waals surface area contributed by atoms with Gasteiger partial charge in [0.2, 0.25) is 11.7 Å². The standard InChI is InChI=1S/C11H12ClN5O/c1-16(2)10(18)7-17-14-11(13-15-17)8-4-3-5-9(12)6-8/h3-6H,7H2,1-2H3. The predicted molar refractivity (Wildman–Crippen MR) is 67.0 cm³/mol. The monoisotopic (exact) mass is 265 g/mol. The van der Waals surface area contributed by atoms with Crippen molar-refractivity contribution in [2.75, 3.05) is 14.1 Å². The third-order valence-corrected chi connectivity index (χ3v) is 2.55. The summed E-state index contributed by atoms with van der Waals surface area (Å²) in [7, 11) is 3.36. The molecule has 0 bridgehead atoms. The molecule has 0 aliphatic carbocycles. The van der Waals surface area contributed by atoms with Crippen molar-refractivity contribution in [3.8, 4) is 11.4 Å². The van der Waals surface area contributed by atoms with E-state index in [1.165, 1.54) is 9.70 Å². The van der Waals surface area contributed by atoms with Crippen LogP contribution in [0.5, 0.6) is 0 Å². The first-order valence-electron chi connectivity index (χ1n) is 5.30. The van der Waals surface area contributed by atoms with Gasteiger partial charge < -0.3 is 4.90 Å². The van der Waals surface area contributed by atoms with Crippen molar-refractivity contribution in [1.82, 2.24) is 25.1 Å². The van der Waals surface area contributed by atoms with Crippen molar-refractivity contribution in [3.05, 3.63) is 29.3 Å². The van der Waals surface area contributed by atoms with Crippen LogP contribution >= 0.6 is 11.6 Å². The van der Waals surface area contributed by atoms with Crippen LogP contribution in [0.4, 0.5) is 0 Å². The van der Waals surface area contributed by atoms with Gasteiger partial charge in [-0.1, -0.05) is 23.7 Å². The van der Waals surface area contributed by atoms with E-state index in [9.17, 15) is 4.79 Å². The quantitative estimate of drug-likeness (QED) is 0.833. The Morgan fingerprint density at radius 3 is 2.89 bits per heavy atom. The summed E-state index contributed by atoms with van der Waals surface area (Å²) in [4.78, 5) is 14.2. The highest BCUT2D eigenvalue weighted by molar-refractivity contribution is 6.30. The van der Waals surface area contributed by atoms with E-state index in [-0.39, 0.29) is 12.5 Å². The van der Waals surface area contributed by atoms with E-state index in [4.69, 9.17) is 11.6 Å². The zero-order valence-electron chi connectivity index (χ0n) is 10.0. The fraction of sp³-hybridized carbons (Fsp3) is 0.273. The topological polar surface area (TPSA) is 63.9 Å². The molecule has 6 nitrogen and oxygen atoms in total. The minimum atomic E-state index is -0.0926. The van der Waals surface area contributed by atoms with Crippen LogP contribution in [-0.2, 0) is 11.3 Å². The number of likely N-dealkylation sites (N-methyl/N-ethyl adjacent to an activating group) is 1. The van der Waals surface area contributed by atoms with Crippen LogP contribution in [0.1, 0.15) is 0 Å². The van der Waals surface area contributed by atoms with Crippen LogP contribution in [0, 0.1) is 0 Å². The molecule has 18 heavy (non-hydrogen) atoms. The number of aromatic nitrogens is 4. The fourth-order valence-corrected chi connectivity index (χ4v) is 1.51. The third-order valence-electron chi connectivity index (χ3n) is 2.31. The molecule has 7 heteroatoms. The number of hydrogen-bond donors (Lipinski definition) is 0. The Bertz CT molecular complexity index is 566. The van der Waals surface area contributed by atoms with Crippen molar-refractivity contribution in [1.29, 1.82) is 0 Å². The number of tetrazole rings is 1. The highest BCUT2D eigenvalue weighted by atomic mass is 35.5. The van der Waals surface area contributed by atoms with Gasteiger partial charge in [-0.2, -0.15) is 4.80 Å².